The van der Waals surface area contributed by atoms with Gasteiger partial charge in [-0.2, -0.15) is 0 Å². The minimum Gasteiger partial charge on any atom is -0.507 e. The zero-order valence-electron chi connectivity index (χ0n) is 9.12. The fourth-order valence-corrected chi connectivity index (χ4v) is 2.54. The molecule has 1 aliphatic carbocycles. The van der Waals surface area contributed by atoms with E-state index in [2.05, 4.69) is 0 Å². The van der Waals surface area contributed by atoms with Crippen LogP contribution in [-0.4, -0.2) is 10.9 Å². The molecule has 1 aliphatic rings. The van der Waals surface area contributed by atoms with E-state index < -0.39 is 0 Å². The molecule has 0 amide bonds. The lowest BCUT2D eigenvalue weighted by molar-refractivity contribution is 0.104. The van der Waals surface area contributed by atoms with Gasteiger partial charge in [0.05, 0.1) is 10.6 Å². The van der Waals surface area contributed by atoms with Crippen LogP contribution in [0.25, 0.3) is 11.1 Å². The molecule has 3 rings (SSSR count). The summed E-state index contributed by atoms with van der Waals surface area (Å²) in [6.07, 6.45) is 0. The number of aryl methyl sites for hydroxylation is 1. The Morgan fingerprint density at radius 2 is 1.76 bits per heavy atom. The van der Waals surface area contributed by atoms with Gasteiger partial charge < -0.3 is 5.11 Å². The van der Waals surface area contributed by atoms with Crippen LogP contribution in [-0.2, 0) is 0 Å². The molecular weight excluding hydrogens is 236 g/mol. The van der Waals surface area contributed by atoms with Gasteiger partial charge in [0.2, 0.25) is 0 Å². The molecule has 0 aliphatic heterocycles. The maximum absolute atomic E-state index is 12.2. The summed E-state index contributed by atoms with van der Waals surface area (Å²) in [6, 6.07) is 8.80. The standard InChI is InChI=1S/C14H9ClO2/c1-7-6-10(16)12-11(13(7)15)8-4-2-3-5-9(8)14(12)17/h2-6,16H,1H3. The highest BCUT2D eigenvalue weighted by molar-refractivity contribution is 6.38. The van der Waals surface area contributed by atoms with Crippen molar-refractivity contribution in [1.82, 2.24) is 0 Å². The smallest absolute Gasteiger partial charge is 0.198 e. The van der Waals surface area contributed by atoms with Gasteiger partial charge in [0.25, 0.3) is 0 Å². The number of aromatic hydroxyl groups is 1. The maximum atomic E-state index is 12.2. The molecule has 0 spiro atoms. The predicted molar refractivity (Wildman–Crippen MR) is 66.7 cm³/mol. The van der Waals surface area contributed by atoms with E-state index >= 15 is 0 Å². The van der Waals surface area contributed by atoms with Crippen LogP contribution in [0, 0.1) is 6.92 Å². The molecule has 0 saturated carbocycles. The molecule has 84 valence electrons. The number of carbonyl (C=O) groups is 1. The highest BCUT2D eigenvalue weighted by Gasteiger charge is 2.31. The Morgan fingerprint density at radius 3 is 2.47 bits per heavy atom. The second kappa shape index (κ2) is 3.34. The Hall–Kier alpha value is -1.80. The van der Waals surface area contributed by atoms with Crippen LogP contribution in [0.4, 0.5) is 0 Å². The third kappa shape index (κ3) is 1.25. The van der Waals surface area contributed by atoms with Gasteiger partial charge in [0.15, 0.2) is 5.78 Å². The third-order valence-electron chi connectivity index (χ3n) is 3.09. The summed E-state index contributed by atoms with van der Waals surface area (Å²) in [4.78, 5) is 12.2. The molecule has 1 N–H and O–H groups in total. The Labute approximate surface area is 103 Å². The van der Waals surface area contributed by atoms with Crippen LogP contribution < -0.4 is 0 Å². The van der Waals surface area contributed by atoms with E-state index in [4.69, 9.17) is 11.6 Å². The number of rotatable bonds is 0. The third-order valence-corrected chi connectivity index (χ3v) is 3.58. The highest BCUT2D eigenvalue weighted by atomic mass is 35.5. The first-order valence-corrected chi connectivity index (χ1v) is 5.65. The number of carbonyl (C=O) groups excluding carboxylic acids is 1. The molecule has 0 unspecified atom stereocenters. The summed E-state index contributed by atoms with van der Waals surface area (Å²) >= 11 is 6.24. The fourth-order valence-electron chi connectivity index (χ4n) is 2.29. The average Bonchev–Trinajstić information content (AvgIpc) is 2.61. The lowest BCUT2D eigenvalue weighted by Gasteiger charge is -2.07. The fraction of sp³-hybridized carbons (Fsp3) is 0.0714. The molecule has 3 heteroatoms. The van der Waals surface area contributed by atoms with E-state index in [1.165, 1.54) is 6.07 Å². The van der Waals surface area contributed by atoms with E-state index in [1.807, 2.05) is 19.1 Å². The van der Waals surface area contributed by atoms with Crippen LogP contribution in [0.3, 0.4) is 0 Å². The van der Waals surface area contributed by atoms with Crippen molar-refractivity contribution >= 4 is 17.4 Å². The van der Waals surface area contributed by atoms with Gasteiger partial charge in [-0.1, -0.05) is 35.9 Å². The summed E-state index contributed by atoms with van der Waals surface area (Å²) in [5.74, 6) is -0.155. The minimum atomic E-state index is -0.157. The number of hydrogen-bond donors (Lipinski definition) is 1. The molecule has 2 aromatic rings. The SMILES string of the molecule is Cc1cc(O)c2c(c1Cl)-c1ccccc1C2=O. The van der Waals surface area contributed by atoms with E-state index in [9.17, 15) is 9.90 Å². The van der Waals surface area contributed by atoms with Crippen molar-refractivity contribution in [3.63, 3.8) is 0 Å². The number of fused-ring (bicyclic) bond motifs is 3. The number of hydrogen-bond acceptors (Lipinski definition) is 2. The summed E-state index contributed by atoms with van der Waals surface area (Å²) in [6.45, 7) is 1.81. The zero-order valence-corrected chi connectivity index (χ0v) is 9.88. The van der Waals surface area contributed by atoms with Gasteiger partial charge in [0, 0.05) is 11.1 Å². The van der Waals surface area contributed by atoms with Crippen molar-refractivity contribution in [1.29, 1.82) is 0 Å². The Balaban J connectivity index is 2.48. The molecule has 0 atom stereocenters. The maximum Gasteiger partial charge on any atom is 0.198 e. The van der Waals surface area contributed by atoms with Gasteiger partial charge >= 0.3 is 0 Å². The number of phenols is 1. The van der Waals surface area contributed by atoms with E-state index in [-0.39, 0.29) is 11.5 Å². The quantitative estimate of drug-likeness (QED) is 0.656. The van der Waals surface area contributed by atoms with Crippen LogP contribution in [0.1, 0.15) is 21.5 Å². The van der Waals surface area contributed by atoms with Crippen LogP contribution >= 0.6 is 11.6 Å². The van der Waals surface area contributed by atoms with Crippen molar-refractivity contribution in [2.75, 3.05) is 0 Å². The molecule has 0 radical (unpaired) electrons. The van der Waals surface area contributed by atoms with Gasteiger partial charge in [-0.05, 0) is 24.1 Å². The molecule has 2 aromatic carbocycles. The minimum absolute atomic E-state index is 0.00287. The Morgan fingerprint density at radius 1 is 1.12 bits per heavy atom. The molecule has 0 aromatic heterocycles. The second-order valence-electron chi connectivity index (χ2n) is 4.15. The highest BCUT2D eigenvalue weighted by Crippen LogP contribution is 2.46. The molecule has 0 fully saturated rings. The molecule has 17 heavy (non-hydrogen) atoms. The van der Waals surface area contributed by atoms with Crippen molar-refractivity contribution in [2.45, 2.75) is 6.92 Å². The van der Waals surface area contributed by atoms with E-state index in [0.717, 1.165) is 11.1 Å². The lowest BCUT2D eigenvalue weighted by Crippen LogP contribution is -1.96. The second-order valence-corrected chi connectivity index (χ2v) is 4.53. The number of halogens is 1. The van der Waals surface area contributed by atoms with Gasteiger partial charge in [-0.25, -0.2) is 0 Å². The molecule has 0 saturated heterocycles. The topological polar surface area (TPSA) is 37.3 Å². The summed E-state index contributed by atoms with van der Waals surface area (Å²) in [5.41, 5.74) is 3.15. The molecule has 2 nitrogen and oxygen atoms in total. The molecule has 0 bridgehead atoms. The van der Waals surface area contributed by atoms with Gasteiger partial charge in [-0.15, -0.1) is 0 Å². The van der Waals surface area contributed by atoms with Crippen molar-refractivity contribution in [3.8, 4) is 16.9 Å². The predicted octanol–water partition coefficient (Wildman–Crippen LogP) is 3.57. The number of benzene rings is 2. The first-order chi connectivity index (χ1) is 8.11. The van der Waals surface area contributed by atoms with Crippen LogP contribution in [0.15, 0.2) is 30.3 Å². The van der Waals surface area contributed by atoms with Crippen molar-refractivity contribution in [2.24, 2.45) is 0 Å². The van der Waals surface area contributed by atoms with E-state index in [1.54, 1.807) is 12.1 Å². The summed E-state index contributed by atoms with van der Waals surface area (Å²) < 4.78 is 0. The molecule has 0 heterocycles. The van der Waals surface area contributed by atoms with Crippen LogP contribution in [0.2, 0.25) is 5.02 Å². The zero-order chi connectivity index (χ0) is 12.2. The number of phenolic OH excluding ortho intramolecular Hbond substituents is 1. The summed E-state index contributed by atoms with van der Waals surface area (Å²) in [7, 11) is 0. The lowest BCUT2D eigenvalue weighted by atomic mass is 10.0. The van der Waals surface area contributed by atoms with Crippen LogP contribution in [0.5, 0.6) is 5.75 Å². The number of ketones is 1. The average molecular weight is 245 g/mol. The van der Waals surface area contributed by atoms with Crippen molar-refractivity contribution < 1.29 is 9.90 Å². The van der Waals surface area contributed by atoms with Gasteiger partial charge in [-0.3, -0.25) is 4.79 Å². The first-order valence-electron chi connectivity index (χ1n) is 5.27. The van der Waals surface area contributed by atoms with Gasteiger partial charge in [0.1, 0.15) is 5.75 Å². The Kier molecular flexibility index (Phi) is 2.04. The monoisotopic (exact) mass is 244 g/mol. The van der Waals surface area contributed by atoms with Crippen molar-refractivity contribution in [3.05, 3.63) is 52.0 Å². The molecular formula is C14H9ClO2. The largest absolute Gasteiger partial charge is 0.507 e. The normalized spacial score (nSPS) is 12.5. The first kappa shape index (κ1) is 10.4. The Bertz CT molecular complexity index is 660. The van der Waals surface area contributed by atoms with E-state index in [0.29, 0.717) is 21.7 Å². The summed E-state index contributed by atoms with van der Waals surface area (Å²) in [5, 5.41) is 10.4.